The molecule has 1 heterocycles. The first-order chi connectivity index (χ1) is 7.86. The summed E-state index contributed by atoms with van der Waals surface area (Å²) in [7, 11) is 1.28. The molecule has 0 bridgehead atoms. The number of aliphatic hydroxyl groups is 1. The van der Waals surface area contributed by atoms with Gasteiger partial charge in [-0.15, -0.1) is 10.2 Å². The van der Waals surface area contributed by atoms with Crippen LogP contribution in [-0.2, 0) is 4.74 Å². The Balaban J connectivity index is 2.79. The fourth-order valence-electron chi connectivity index (χ4n) is 1.05. The van der Waals surface area contributed by atoms with Gasteiger partial charge >= 0.3 is 5.97 Å². The van der Waals surface area contributed by atoms with Crippen molar-refractivity contribution in [1.82, 2.24) is 10.2 Å². The molecule has 1 aromatic rings. The number of anilines is 1. The van der Waals surface area contributed by atoms with Crippen LogP contribution in [0.3, 0.4) is 0 Å². The molecule has 0 aliphatic carbocycles. The van der Waals surface area contributed by atoms with E-state index in [9.17, 15) is 9.90 Å². The Hall–Kier alpha value is -1.69. The number of aromatic nitrogens is 2. The number of ether oxygens (including phenoxy) is 1. The zero-order valence-electron chi connectivity index (χ0n) is 10.4. The largest absolute Gasteiger partial charge is 0.464 e. The Kier molecular flexibility index (Phi) is 4.01. The Morgan fingerprint density at radius 2 is 2.12 bits per heavy atom. The molecule has 1 aromatic heterocycles. The quantitative estimate of drug-likeness (QED) is 0.757. The van der Waals surface area contributed by atoms with E-state index in [0.29, 0.717) is 5.82 Å². The molecule has 17 heavy (non-hydrogen) atoms. The minimum atomic E-state index is -0.551. The van der Waals surface area contributed by atoms with E-state index in [0.717, 1.165) is 0 Å². The van der Waals surface area contributed by atoms with Crippen LogP contribution in [0.5, 0.6) is 0 Å². The van der Waals surface area contributed by atoms with Crippen molar-refractivity contribution in [2.45, 2.75) is 32.4 Å². The van der Waals surface area contributed by atoms with Crippen molar-refractivity contribution < 1.29 is 14.6 Å². The Morgan fingerprint density at radius 1 is 1.47 bits per heavy atom. The SMILES string of the molecule is COC(=O)c1ccc(NC(C)(C)C(C)O)nn1. The molecule has 94 valence electrons. The maximum atomic E-state index is 11.1. The summed E-state index contributed by atoms with van der Waals surface area (Å²) in [5.74, 6) is -0.0395. The fraction of sp³-hybridized carbons (Fsp3) is 0.545. The molecule has 6 nitrogen and oxygen atoms in total. The molecule has 0 aliphatic heterocycles. The van der Waals surface area contributed by atoms with E-state index in [1.54, 1.807) is 13.0 Å². The van der Waals surface area contributed by atoms with Gasteiger partial charge in [-0.25, -0.2) is 4.79 Å². The maximum Gasteiger partial charge on any atom is 0.358 e. The number of carbonyl (C=O) groups excluding carboxylic acids is 1. The number of rotatable bonds is 4. The number of carbonyl (C=O) groups is 1. The molecule has 0 spiro atoms. The number of hydrogen-bond donors (Lipinski definition) is 2. The van der Waals surface area contributed by atoms with Crippen molar-refractivity contribution in [1.29, 1.82) is 0 Å². The van der Waals surface area contributed by atoms with Crippen LogP contribution in [0.2, 0.25) is 0 Å². The summed E-state index contributed by atoms with van der Waals surface area (Å²) in [6, 6.07) is 3.13. The second-order valence-electron chi connectivity index (χ2n) is 4.32. The van der Waals surface area contributed by atoms with Gasteiger partial charge in [-0.3, -0.25) is 0 Å². The molecule has 6 heteroatoms. The molecular weight excluding hydrogens is 222 g/mol. The average Bonchev–Trinajstić information content (AvgIpc) is 2.28. The van der Waals surface area contributed by atoms with Gasteiger partial charge in [-0.1, -0.05) is 0 Å². The summed E-state index contributed by atoms with van der Waals surface area (Å²) in [4.78, 5) is 11.1. The van der Waals surface area contributed by atoms with Crippen LogP contribution in [-0.4, -0.2) is 40.0 Å². The summed E-state index contributed by atoms with van der Waals surface area (Å²) in [6.45, 7) is 5.37. The number of nitrogens with zero attached hydrogens (tertiary/aromatic N) is 2. The molecule has 0 aromatic carbocycles. The van der Waals surface area contributed by atoms with Gasteiger partial charge in [0.25, 0.3) is 0 Å². The Labute approximate surface area is 100 Å². The van der Waals surface area contributed by atoms with E-state index in [-0.39, 0.29) is 5.69 Å². The van der Waals surface area contributed by atoms with Gasteiger partial charge in [0.1, 0.15) is 5.82 Å². The standard InChI is InChI=1S/C11H17N3O3/c1-7(15)11(2,3)12-9-6-5-8(13-14-9)10(16)17-4/h5-7,15H,1-4H3,(H,12,14). The summed E-state index contributed by atoms with van der Waals surface area (Å²) in [5, 5.41) is 20.1. The fourth-order valence-corrected chi connectivity index (χ4v) is 1.05. The number of hydrogen-bond acceptors (Lipinski definition) is 6. The van der Waals surface area contributed by atoms with Crippen LogP contribution in [0.15, 0.2) is 12.1 Å². The average molecular weight is 239 g/mol. The highest BCUT2D eigenvalue weighted by Gasteiger charge is 2.24. The second kappa shape index (κ2) is 5.09. The number of methoxy groups -OCH3 is 1. The number of esters is 1. The molecule has 1 rings (SSSR count). The number of nitrogens with one attached hydrogen (secondary N) is 1. The summed E-state index contributed by atoms with van der Waals surface area (Å²) in [6.07, 6.45) is -0.551. The molecule has 0 amide bonds. The van der Waals surface area contributed by atoms with Crippen LogP contribution in [0.25, 0.3) is 0 Å². The van der Waals surface area contributed by atoms with E-state index in [2.05, 4.69) is 20.3 Å². The van der Waals surface area contributed by atoms with Crippen LogP contribution in [0.1, 0.15) is 31.3 Å². The van der Waals surface area contributed by atoms with Gasteiger partial charge < -0.3 is 15.2 Å². The zero-order valence-corrected chi connectivity index (χ0v) is 10.4. The van der Waals surface area contributed by atoms with Gasteiger partial charge in [0.15, 0.2) is 5.69 Å². The van der Waals surface area contributed by atoms with Crippen molar-refractivity contribution in [2.24, 2.45) is 0 Å². The Morgan fingerprint density at radius 3 is 2.53 bits per heavy atom. The van der Waals surface area contributed by atoms with Crippen LogP contribution in [0, 0.1) is 0 Å². The zero-order chi connectivity index (χ0) is 13.1. The third-order valence-corrected chi connectivity index (χ3v) is 2.55. The van der Waals surface area contributed by atoms with Crippen molar-refractivity contribution in [3.05, 3.63) is 17.8 Å². The van der Waals surface area contributed by atoms with Crippen molar-refractivity contribution >= 4 is 11.8 Å². The lowest BCUT2D eigenvalue weighted by atomic mass is 9.99. The van der Waals surface area contributed by atoms with Crippen molar-refractivity contribution in [3.63, 3.8) is 0 Å². The van der Waals surface area contributed by atoms with E-state index >= 15 is 0 Å². The molecule has 0 radical (unpaired) electrons. The smallest absolute Gasteiger partial charge is 0.358 e. The highest BCUT2D eigenvalue weighted by atomic mass is 16.5. The summed E-state index contributed by atoms with van der Waals surface area (Å²) < 4.78 is 4.51. The minimum Gasteiger partial charge on any atom is -0.464 e. The molecule has 0 saturated carbocycles. The predicted octanol–water partition coefficient (Wildman–Crippen LogP) is 0.834. The topological polar surface area (TPSA) is 84.3 Å². The van der Waals surface area contributed by atoms with Crippen LogP contribution < -0.4 is 5.32 Å². The van der Waals surface area contributed by atoms with E-state index in [1.165, 1.54) is 13.2 Å². The number of aliphatic hydroxyl groups excluding tert-OH is 1. The van der Waals surface area contributed by atoms with Gasteiger partial charge in [0.2, 0.25) is 0 Å². The molecule has 0 saturated heterocycles. The predicted molar refractivity (Wildman–Crippen MR) is 62.8 cm³/mol. The molecular formula is C11H17N3O3. The molecule has 2 N–H and O–H groups in total. The molecule has 1 unspecified atom stereocenters. The normalized spacial score (nSPS) is 13.0. The summed E-state index contributed by atoms with van der Waals surface area (Å²) in [5.41, 5.74) is -0.380. The van der Waals surface area contributed by atoms with Gasteiger partial charge in [-0.2, -0.15) is 0 Å². The first-order valence-corrected chi connectivity index (χ1v) is 5.25. The maximum absolute atomic E-state index is 11.1. The lowest BCUT2D eigenvalue weighted by molar-refractivity contribution is 0.0592. The van der Waals surface area contributed by atoms with E-state index < -0.39 is 17.6 Å². The van der Waals surface area contributed by atoms with Crippen LogP contribution >= 0.6 is 0 Å². The molecule has 1 atom stereocenters. The van der Waals surface area contributed by atoms with Gasteiger partial charge in [-0.05, 0) is 32.9 Å². The van der Waals surface area contributed by atoms with E-state index in [4.69, 9.17) is 0 Å². The van der Waals surface area contributed by atoms with Crippen LogP contribution in [0.4, 0.5) is 5.82 Å². The summed E-state index contributed by atoms with van der Waals surface area (Å²) >= 11 is 0. The first kappa shape index (κ1) is 13.4. The third-order valence-electron chi connectivity index (χ3n) is 2.55. The van der Waals surface area contributed by atoms with Crippen molar-refractivity contribution in [2.75, 3.05) is 12.4 Å². The Bertz CT molecular complexity index is 387. The minimum absolute atomic E-state index is 0.146. The molecule has 0 aliphatic rings. The second-order valence-corrected chi connectivity index (χ2v) is 4.32. The van der Waals surface area contributed by atoms with Gasteiger partial charge in [0.05, 0.1) is 18.8 Å². The highest BCUT2D eigenvalue weighted by Crippen LogP contribution is 2.15. The molecule has 0 fully saturated rings. The van der Waals surface area contributed by atoms with Crippen molar-refractivity contribution in [3.8, 4) is 0 Å². The first-order valence-electron chi connectivity index (χ1n) is 5.25. The van der Waals surface area contributed by atoms with E-state index in [1.807, 2.05) is 13.8 Å². The van der Waals surface area contributed by atoms with Gasteiger partial charge in [0, 0.05) is 0 Å². The highest BCUT2D eigenvalue weighted by molar-refractivity contribution is 5.86. The third kappa shape index (κ3) is 3.39. The lowest BCUT2D eigenvalue weighted by Crippen LogP contribution is -2.42. The lowest BCUT2D eigenvalue weighted by Gasteiger charge is -2.29. The monoisotopic (exact) mass is 239 g/mol.